The molecule has 0 unspecified atom stereocenters. The first kappa shape index (κ1) is 14.0. The number of carboxylic acids is 1. The molecule has 0 radical (unpaired) electrons. The minimum atomic E-state index is -1.06. The second-order valence-corrected chi connectivity index (χ2v) is 4.83. The zero-order chi connectivity index (χ0) is 12.8. The van der Waals surface area contributed by atoms with Gasteiger partial charge in [0, 0.05) is 6.04 Å². The number of nitrogens with one attached hydrogen (secondary N) is 1. The third kappa shape index (κ3) is 4.73. The largest absolute Gasteiger partial charge is 0.480 e. The molecule has 1 aliphatic carbocycles. The van der Waals surface area contributed by atoms with E-state index in [9.17, 15) is 9.59 Å². The van der Waals surface area contributed by atoms with Crippen molar-refractivity contribution >= 4 is 11.9 Å². The highest BCUT2D eigenvalue weighted by Gasteiger charge is 2.27. The van der Waals surface area contributed by atoms with Crippen LogP contribution in [0.15, 0.2) is 0 Å². The van der Waals surface area contributed by atoms with Crippen LogP contribution in [0, 0.1) is 11.8 Å². The molecule has 98 valence electrons. The Hall–Kier alpha value is -1.10. The SMILES string of the molecule is C[C@@H]1[C@H](C)CCC[C@@H]1NC(=O)COCC(=O)O. The van der Waals surface area contributed by atoms with Crippen molar-refractivity contribution < 1.29 is 19.4 Å². The van der Waals surface area contributed by atoms with Crippen LogP contribution < -0.4 is 5.32 Å². The van der Waals surface area contributed by atoms with Gasteiger partial charge < -0.3 is 15.2 Å². The lowest BCUT2D eigenvalue weighted by atomic mass is 9.78. The lowest BCUT2D eigenvalue weighted by molar-refractivity contribution is -0.143. The summed E-state index contributed by atoms with van der Waals surface area (Å²) in [5.74, 6) is -0.198. The van der Waals surface area contributed by atoms with Crippen LogP contribution in [0.1, 0.15) is 33.1 Å². The van der Waals surface area contributed by atoms with Crippen LogP contribution in [0.3, 0.4) is 0 Å². The number of hydrogen-bond acceptors (Lipinski definition) is 3. The summed E-state index contributed by atoms with van der Waals surface area (Å²) in [6.45, 7) is 3.74. The van der Waals surface area contributed by atoms with E-state index in [1.807, 2.05) is 0 Å². The molecule has 0 aromatic carbocycles. The van der Waals surface area contributed by atoms with Gasteiger partial charge in [-0.05, 0) is 18.3 Å². The molecule has 5 heteroatoms. The van der Waals surface area contributed by atoms with Gasteiger partial charge in [-0.3, -0.25) is 4.79 Å². The summed E-state index contributed by atoms with van der Waals surface area (Å²) in [6.07, 6.45) is 3.34. The van der Waals surface area contributed by atoms with E-state index < -0.39 is 12.6 Å². The summed E-state index contributed by atoms with van der Waals surface area (Å²) in [5.41, 5.74) is 0. The van der Waals surface area contributed by atoms with Crippen molar-refractivity contribution in [2.45, 2.75) is 39.2 Å². The highest BCUT2D eigenvalue weighted by atomic mass is 16.5. The van der Waals surface area contributed by atoms with Crippen LogP contribution in [-0.2, 0) is 14.3 Å². The molecule has 0 heterocycles. The van der Waals surface area contributed by atoms with Gasteiger partial charge in [0.15, 0.2) is 0 Å². The Kier molecular flexibility index (Phi) is 5.41. The molecule has 0 aromatic rings. The van der Waals surface area contributed by atoms with E-state index in [2.05, 4.69) is 19.2 Å². The van der Waals surface area contributed by atoms with E-state index in [0.29, 0.717) is 11.8 Å². The van der Waals surface area contributed by atoms with Crippen molar-refractivity contribution in [3.05, 3.63) is 0 Å². The maximum absolute atomic E-state index is 11.5. The van der Waals surface area contributed by atoms with Gasteiger partial charge in [0.05, 0.1) is 0 Å². The van der Waals surface area contributed by atoms with Gasteiger partial charge in [-0.25, -0.2) is 4.79 Å². The Labute approximate surface area is 102 Å². The molecule has 0 aromatic heterocycles. The van der Waals surface area contributed by atoms with Gasteiger partial charge in [0.2, 0.25) is 5.91 Å². The molecule has 1 rings (SSSR count). The van der Waals surface area contributed by atoms with Gasteiger partial charge in [0.1, 0.15) is 13.2 Å². The standard InChI is InChI=1S/C12H21NO4/c1-8-4-3-5-10(9(8)2)13-11(14)6-17-7-12(15)16/h8-10H,3-7H2,1-2H3,(H,13,14)(H,15,16)/t8-,9-,10+/m1/s1. The Morgan fingerprint density at radius 2 is 2.00 bits per heavy atom. The summed E-state index contributed by atoms with van der Waals surface area (Å²) in [4.78, 5) is 21.7. The van der Waals surface area contributed by atoms with E-state index in [0.717, 1.165) is 12.8 Å². The molecule has 5 nitrogen and oxygen atoms in total. The number of carbonyl (C=O) groups excluding carboxylic acids is 1. The molecule has 0 spiro atoms. The molecular formula is C12H21NO4. The molecule has 2 N–H and O–H groups in total. The average molecular weight is 243 g/mol. The number of carboxylic acid groups (broad SMARTS) is 1. The predicted molar refractivity (Wildman–Crippen MR) is 62.6 cm³/mol. The van der Waals surface area contributed by atoms with Crippen molar-refractivity contribution in [3.63, 3.8) is 0 Å². The molecule has 1 amide bonds. The van der Waals surface area contributed by atoms with Gasteiger partial charge in [-0.2, -0.15) is 0 Å². The fourth-order valence-corrected chi connectivity index (χ4v) is 2.27. The van der Waals surface area contributed by atoms with Gasteiger partial charge in [-0.15, -0.1) is 0 Å². The second-order valence-electron chi connectivity index (χ2n) is 4.83. The molecule has 1 saturated carbocycles. The number of ether oxygens (including phenoxy) is 1. The third-order valence-corrected chi connectivity index (χ3v) is 3.51. The number of aliphatic carboxylic acids is 1. The average Bonchev–Trinajstić information content (AvgIpc) is 2.24. The molecule has 0 bridgehead atoms. The second kappa shape index (κ2) is 6.59. The van der Waals surface area contributed by atoms with Crippen molar-refractivity contribution in [3.8, 4) is 0 Å². The van der Waals surface area contributed by atoms with E-state index in [1.165, 1.54) is 6.42 Å². The van der Waals surface area contributed by atoms with E-state index in [4.69, 9.17) is 9.84 Å². The summed E-state index contributed by atoms with van der Waals surface area (Å²) in [6, 6.07) is 0.194. The first-order valence-corrected chi connectivity index (χ1v) is 6.09. The van der Waals surface area contributed by atoms with Crippen LogP contribution in [0.25, 0.3) is 0 Å². The number of rotatable bonds is 5. The third-order valence-electron chi connectivity index (χ3n) is 3.51. The minimum absolute atomic E-state index is 0.177. The van der Waals surface area contributed by atoms with Crippen molar-refractivity contribution in [1.29, 1.82) is 0 Å². The molecule has 3 atom stereocenters. The first-order valence-electron chi connectivity index (χ1n) is 6.09. The Bertz CT molecular complexity index is 280. The lowest BCUT2D eigenvalue weighted by Crippen LogP contribution is -2.45. The Morgan fingerprint density at radius 3 is 2.65 bits per heavy atom. The van der Waals surface area contributed by atoms with Crippen molar-refractivity contribution in [1.82, 2.24) is 5.32 Å². The highest BCUT2D eigenvalue weighted by molar-refractivity contribution is 5.78. The molecule has 1 fully saturated rings. The first-order chi connectivity index (χ1) is 8.00. The number of carbonyl (C=O) groups is 2. The van der Waals surface area contributed by atoms with Crippen molar-refractivity contribution in [2.75, 3.05) is 13.2 Å². The zero-order valence-corrected chi connectivity index (χ0v) is 10.4. The quantitative estimate of drug-likeness (QED) is 0.756. The zero-order valence-electron chi connectivity index (χ0n) is 10.4. The molecule has 17 heavy (non-hydrogen) atoms. The van der Waals surface area contributed by atoms with Crippen LogP contribution in [0.5, 0.6) is 0 Å². The predicted octanol–water partition coefficient (Wildman–Crippen LogP) is 1.03. The fourth-order valence-electron chi connectivity index (χ4n) is 2.27. The van der Waals surface area contributed by atoms with Crippen LogP contribution in [0.4, 0.5) is 0 Å². The highest BCUT2D eigenvalue weighted by Crippen LogP contribution is 2.29. The summed E-state index contributed by atoms with van der Waals surface area (Å²) in [7, 11) is 0. The normalized spacial score (nSPS) is 28.7. The topological polar surface area (TPSA) is 75.6 Å². The van der Waals surface area contributed by atoms with E-state index in [1.54, 1.807) is 0 Å². The molecular weight excluding hydrogens is 222 g/mol. The number of hydrogen-bond donors (Lipinski definition) is 2. The van der Waals surface area contributed by atoms with Gasteiger partial charge in [-0.1, -0.05) is 26.7 Å². The summed E-state index contributed by atoms with van der Waals surface area (Å²) < 4.78 is 4.75. The molecule has 0 aliphatic heterocycles. The Morgan fingerprint density at radius 1 is 1.29 bits per heavy atom. The van der Waals surface area contributed by atoms with Crippen LogP contribution in [0.2, 0.25) is 0 Å². The minimum Gasteiger partial charge on any atom is -0.480 e. The van der Waals surface area contributed by atoms with Crippen LogP contribution in [-0.4, -0.2) is 36.2 Å². The van der Waals surface area contributed by atoms with Crippen molar-refractivity contribution in [2.24, 2.45) is 11.8 Å². The fraction of sp³-hybridized carbons (Fsp3) is 0.833. The smallest absolute Gasteiger partial charge is 0.329 e. The maximum atomic E-state index is 11.5. The Balaban J connectivity index is 2.27. The van der Waals surface area contributed by atoms with Crippen LogP contribution >= 0.6 is 0 Å². The lowest BCUT2D eigenvalue weighted by Gasteiger charge is -2.34. The van der Waals surface area contributed by atoms with E-state index in [-0.39, 0.29) is 18.6 Å². The number of amides is 1. The molecule has 1 aliphatic rings. The summed E-state index contributed by atoms with van der Waals surface area (Å²) in [5, 5.41) is 11.3. The van der Waals surface area contributed by atoms with E-state index >= 15 is 0 Å². The maximum Gasteiger partial charge on any atom is 0.329 e. The summed E-state index contributed by atoms with van der Waals surface area (Å²) >= 11 is 0. The molecule has 0 saturated heterocycles. The van der Waals surface area contributed by atoms with Gasteiger partial charge in [0.25, 0.3) is 0 Å². The van der Waals surface area contributed by atoms with Gasteiger partial charge >= 0.3 is 5.97 Å². The monoisotopic (exact) mass is 243 g/mol.